The van der Waals surface area contributed by atoms with Gasteiger partial charge in [-0.3, -0.25) is 4.79 Å². The maximum atomic E-state index is 12.5. The number of halogens is 2. The summed E-state index contributed by atoms with van der Waals surface area (Å²) in [5, 5.41) is 12.2. The van der Waals surface area contributed by atoms with Gasteiger partial charge in [-0.2, -0.15) is 5.26 Å². The smallest absolute Gasteiger partial charge is 0.343 e. The van der Waals surface area contributed by atoms with Gasteiger partial charge in [-0.1, -0.05) is 50.1 Å². The molecule has 0 unspecified atom stereocenters. The molecule has 148 valence electrons. The van der Waals surface area contributed by atoms with Gasteiger partial charge in [0.2, 0.25) is 0 Å². The van der Waals surface area contributed by atoms with Crippen LogP contribution < -0.4 is 10.1 Å². The highest BCUT2D eigenvalue weighted by Crippen LogP contribution is 2.27. The molecule has 1 amide bonds. The largest absolute Gasteiger partial charge is 0.422 e. The summed E-state index contributed by atoms with van der Waals surface area (Å²) in [6.45, 7) is 0. The third-order valence-corrected chi connectivity index (χ3v) is 4.97. The Morgan fingerprint density at radius 1 is 0.933 bits per heavy atom. The molecule has 3 aromatic rings. The first kappa shape index (κ1) is 21.5. The molecule has 0 atom stereocenters. The monoisotopic (exact) mass is 524 g/mol. The predicted molar refractivity (Wildman–Crippen MR) is 122 cm³/mol. The Kier molecular flexibility index (Phi) is 7.17. The molecule has 30 heavy (non-hydrogen) atoms. The maximum absolute atomic E-state index is 12.5. The minimum atomic E-state index is -0.569. The molecule has 3 aromatic carbocycles. The lowest BCUT2D eigenvalue weighted by molar-refractivity contribution is -0.112. The number of nitriles is 1. The van der Waals surface area contributed by atoms with Crippen molar-refractivity contribution in [2.24, 2.45) is 0 Å². The van der Waals surface area contributed by atoms with Crippen LogP contribution in [0.2, 0.25) is 0 Å². The molecule has 5 nitrogen and oxygen atoms in total. The van der Waals surface area contributed by atoms with E-state index in [1.165, 1.54) is 6.08 Å². The zero-order valence-electron chi connectivity index (χ0n) is 15.4. The van der Waals surface area contributed by atoms with Crippen molar-refractivity contribution in [2.45, 2.75) is 0 Å². The van der Waals surface area contributed by atoms with Crippen LogP contribution in [0.4, 0.5) is 5.69 Å². The summed E-state index contributed by atoms with van der Waals surface area (Å²) < 4.78 is 7.07. The van der Waals surface area contributed by atoms with E-state index >= 15 is 0 Å². The minimum absolute atomic E-state index is 0.131. The summed E-state index contributed by atoms with van der Waals surface area (Å²) in [4.78, 5) is 24.9. The van der Waals surface area contributed by atoms with Crippen LogP contribution >= 0.6 is 31.9 Å². The van der Waals surface area contributed by atoms with E-state index in [0.717, 1.165) is 4.47 Å². The number of esters is 1. The molecule has 0 aromatic heterocycles. The van der Waals surface area contributed by atoms with Crippen LogP contribution in [-0.4, -0.2) is 11.9 Å². The van der Waals surface area contributed by atoms with Crippen LogP contribution in [0.15, 0.2) is 87.3 Å². The van der Waals surface area contributed by atoms with Crippen molar-refractivity contribution in [1.82, 2.24) is 0 Å². The number of hydrogen-bond donors (Lipinski definition) is 1. The fourth-order valence-electron chi connectivity index (χ4n) is 2.49. The normalized spacial score (nSPS) is 10.8. The third kappa shape index (κ3) is 5.66. The van der Waals surface area contributed by atoms with Crippen LogP contribution in [0.5, 0.6) is 5.75 Å². The second-order valence-electron chi connectivity index (χ2n) is 6.07. The van der Waals surface area contributed by atoms with Gasteiger partial charge < -0.3 is 10.1 Å². The van der Waals surface area contributed by atoms with Crippen molar-refractivity contribution < 1.29 is 14.3 Å². The van der Waals surface area contributed by atoms with E-state index < -0.39 is 11.9 Å². The summed E-state index contributed by atoms with van der Waals surface area (Å²) in [7, 11) is 0. The maximum Gasteiger partial charge on any atom is 0.343 e. The molecule has 7 heteroatoms. The van der Waals surface area contributed by atoms with Crippen molar-refractivity contribution in [3.63, 3.8) is 0 Å². The molecule has 0 bridgehead atoms. The molecule has 0 aliphatic carbocycles. The highest BCUT2D eigenvalue weighted by atomic mass is 79.9. The van der Waals surface area contributed by atoms with E-state index in [2.05, 4.69) is 37.2 Å². The van der Waals surface area contributed by atoms with Crippen LogP contribution in [0.3, 0.4) is 0 Å². The van der Waals surface area contributed by atoms with Crippen LogP contribution in [0.1, 0.15) is 15.9 Å². The summed E-state index contributed by atoms with van der Waals surface area (Å²) in [6, 6.07) is 22.4. The van der Waals surface area contributed by atoms with Crippen LogP contribution in [-0.2, 0) is 4.79 Å². The zero-order valence-corrected chi connectivity index (χ0v) is 18.6. The molecule has 0 aliphatic heterocycles. The van der Waals surface area contributed by atoms with Gasteiger partial charge in [0, 0.05) is 20.2 Å². The Hall–Kier alpha value is -3.21. The number of nitrogens with one attached hydrogen (secondary N) is 1. The number of carbonyl (C=O) groups is 2. The average molecular weight is 526 g/mol. The quantitative estimate of drug-likeness (QED) is 0.192. The van der Waals surface area contributed by atoms with Gasteiger partial charge in [-0.25, -0.2) is 4.79 Å². The van der Waals surface area contributed by atoms with E-state index in [0.29, 0.717) is 21.3 Å². The molecule has 0 saturated carbocycles. The number of benzene rings is 3. The van der Waals surface area contributed by atoms with Crippen LogP contribution in [0.25, 0.3) is 6.08 Å². The summed E-state index contributed by atoms with van der Waals surface area (Å²) in [5.74, 6) is -0.873. The number of hydrogen-bond acceptors (Lipinski definition) is 4. The van der Waals surface area contributed by atoms with Gasteiger partial charge in [-0.15, -0.1) is 0 Å². The number of nitrogens with zero attached hydrogens (tertiary/aromatic N) is 1. The van der Waals surface area contributed by atoms with Crippen molar-refractivity contribution >= 4 is 55.5 Å². The Morgan fingerprint density at radius 2 is 1.60 bits per heavy atom. The fraction of sp³-hybridized carbons (Fsp3) is 0. The first-order valence-electron chi connectivity index (χ1n) is 8.72. The van der Waals surface area contributed by atoms with Gasteiger partial charge in [0.15, 0.2) is 0 Å². The molecule has 0 heterocycles. The first-order chi connectivity index (χ1) is 14.5. The van der Waals surface area contributed by atoms with E-state index in [-0.39, 0.29) is 11.3 Å². The van der Waals surface area contributed by atoms with Gasteiger partial charge >= 0.3 is 5.97 Å². The second kappa shape index (κ2) is 10.0. The molecular formula is C23H14Br2N2O3. The van der Waals surface area contributed by atoms with Crippen molar-refractivity contribution in [1.29, 1.82) is 5.26 Å². The topological polar surface area (TPSA) is 79.2 Å². The highest BCUT2D eigenvalue weighted by molar-refractivity contribution is 9.10. The average Bonchev–Trinajstić information content (AvgIpc) is 2.75. The second-order valence-corrected chi connectivity index (χ2v) is 7.90. The van der Waals surface area contributed by atoms with E-state index in [4.69, 9.17) is 4.74 Å². The van der Waals surface area contributed by atoms with Gasteiger partial charge in [-0.05, 0) is 60.7 Å². The van der Waals surface area contributed by atoms with Crippen molar-refractivity contribution in [3.8, 4) is 11.8 Å². The SMILES string of the molecule is N#C/C(=C\c1cc(Br)ccc1OC(=O)c1ccccc1)C(=O)Nc1ccc(Br)cc1. The van der Waals surface area contributed by atoms with Crippen molar-refractivity contribution in [3.05, 3.63) is 98.4 Å². The Labute approximate surface area is 190 Å². The van der Waals surface area contributed by atoms with Gasteiger partial charge in [0.25, 0.3) is 5.91 Å². The Bertz CT molecular complexity index is 1150. The molecule has 0 radical (unpaired) electrons. The first-order valence-corrected chi connectivity index (χ1v) is 10.3. The third-order valence-electron chi connectivity index (χ3n) is 3.95. The standard InChI is InChI=1S/C23H14Br2N2O3/c24-18-6-9-20(10-7-18)27-22(28)17(14-26)12-16-13-19(25)8-11-21(16)30-23(29)15-4-2-1-3-5-15/h1-13H,(H,27,28)/b17-12+. The van der Waals surface area contributed by atoms with Crippen molar-refractivity contribution in [2.75, 3.05) is 5.32 Å². The fourth-order valence-corrected chi connectivity index (χ4v) is 3.14. The lowest BCUT2D eigenvalue weighted by Gasteiger charge is -2.09. The Morgan fingerprint density at radius 3 is 2.27 bits per heavy atom. The number of anilines is 1. The highest BCUT2D eigenvalue weighted by Gasteiger charge is 2.14. The summed E-state index contributed by atoms with van der Waals surface area (Å²) in [5.41, 5.74) is 1.22. The van der Waals surface area contributed by atoms with Crippen LogP contribution in [0, 0.1) is 11.3 Å². The Balaban J connectivity index is 1.87. The van der Waals surface area contributed by atoms with Gasteiger partial charge in [0.05, 0.1) is 5.56 Å². The molecule has 0 saturated heterocycles. The number of carbonyl (C=O) groups excluding carboxylic acids is 2. The molecular weight excluding hydrogens is 512 g/mol. The van der Waals surface area contributed by atoms with E-state index in [9.17, 15) is 14.9 Å². The molecule has 0 spiro atoms. The summed E-state index contributed by atoms with van der Waals surface area (Å²) >= 11 is 6.69. The number of ether oxygens (including phenoxy) is 1. The molecule has 1 N–H and O–H groups in total. The summed E-state index contributed by atoms with van der Waals surface area (Å²) in [6.07, 6.45) is 1.38. The van der Waals surface area contributed by atoms with E-state index in [1.807, 2.05) is 6.07 Å². The lowest BCUT2D eigenvalue weighted by Crippen LogP contribution is -2.13. The minimum Gasteiger partial charge on any atom is -0.422 e. The predicted octanol–water partition coefficient (Wildman–Crippen LogP) is 5.98. The molecule has 3 rings (SSSR count). The van der Waals surface area contributed by atoms with Gasteiger partial charge in [0.1, 0.15) is 17.4 Å². The number of rotatable bonds is 5. The molecule has 0 fully saturated rings. The van der Waals surface area contributed by atoms with E-state index in [1.54, 1.807) is 72.8 Å². The number of amides is 1. The zero-order chi connectivity index (χ0) is 21.5. The lowest BCUT2D eigenvalue weighted by atomic mass is 10.1. The molecule has 0 aliphatic rings.